The molecule has 2 aromatic heterocycles. The number of aromatic hydroxyl groups is 1. The van der Waals surface area contributed by atoms with Crippen LogP contribution >= 0.6 is 0 Å². The molecule has 2 aliphatic rings. The van der Waals surface area contributed by atoms with Gasteiger partial charge in [-0.25, -0.2) is 0 Å². The van der Waals surface area contributed by atoms with E-state index in [1.54, 1.807) is 6.07 Å². The summed E-state index contributed by atoms with van der Waals surface area (Å²) in [5.74, 6) is 2.36. The minimum Gasteiger partial charge on any atom is -0.506 e. The van der Waals surface area contributed by atoms with Crippen LogP contribution in [0.25, 0.3) is 10.9 Å². The van der Waals surface area contributed by atoms with E-state index in [0.29, 0.717) is 19.1 Å². The molecule has 0 radical (unpaired) electrons. The van der Waals surface area contributed by atoms with E-state index in [0.717, 1.165) is 48.6 Å². The third-order valence-electron chi connectivity index (χ3n) is 5.19. The fraction of sp³-hybridized carbons (Fsp3) is 0.579. The molecule has 4 rings (SSSR count). The summed E-state index contributed by atoms with van der Waals surface area (Å²) in [6.45, 7) is 5.34. The van der Waals surface area contributed by atoms with Crippen LogP contribution in [0, 0.1) is 5.92 Å². The lowest BCUT2D eigenvalue weighted by Crippen LogP contribution is -2.36. The number of anilines is 1. The highest BCUT2D eigenvalue weighted by Crippen LogP contribution is 2.33. The van der Waals surface area contributed by atoms with Crippen molar-refractivity contribution in [2.24, 2.45) is 5.92 Å². The van der Waals surface area contributed by atoms with Gasteiger partial charge in [-0.05, 0) is 37.7 Å². The Kier molecular flexibility index (Phi) is 4.61. The second-order valence-electron chi connectivity index (χ2n) is 7.14. The molecule has 0 spiro atoms. The molecule has 134 valence electrons. The van der Waals surface area contributed by atoms with Gasteiger partial charge in [0.15, 0.2) is 0 Å². The minimum atomic E-state index is 0.135. The third kappa shape index (κ3) is 3.63. The highest BCUT2D eigenvalue weighted by Gasteiger charge is 2.22. The number of rotatable bonds is 3. The molecular formula is C19H25N3O3. The fourth-order valence-corrected chi connectivity index (χ4v) is 3.62. The molecule has 2 fully saturated rings. The second-order valence-corrected chi connectivity index (χ2v) is 7.14. The lowest BCUT2D eigenvalue weighted by molar-refractivity contribution is 0.121. The first-order valence-electron chi connectivity index (χ1n) is 9.18. The molecule has 6 nitrogen and oxygen atoms in total. The van der Waals surface area contributed by atoms with Gasteiger partial charge in [0, 0.05) is 19.2 Å². The molecule has 0 bridgehead atoms. The Balaban J connectivity index is 1.67. The van der Waals surface area contributed by atoms with Crippen LogP contribution in [-0.2, 0) is 4.74 Å². The Morgan fingerprint density at radius 3 is 2.68 bits per heavy atom. The lowest BCUT2D eigenvalue weighted by Gasteiger charge is -2.30. The number of hydrogen-bond donors (Lipinski definition) is 1. The standard InChI is InChI=1S/C19H25N3O3/c1-13-2-4-15(5-3-13)25-19-16-10-14(23)12-20-17(16)11-18(21-19)22-6-8-24-9-7-22/h10-13,15,23H,2-9H2,1H3. The van der Waals surface area contributed by atoms with E-state index in [4.69, 9.17) is 14.5 Å². The van der Waals surface area contributed by atoms with E-state index in [2.05, 4.69) is 16.8 Å². The second kappa shape index (κ2) is 7.04. The normalized spacial score (nSPS) is 24.4. The van der Waals surface area contributed by atoms with Crippen molar-refractivity contribution in [3.63, 3.8) is 0 Å². The van der Waals surface area contributed by atoms with E-state index >= 15 is 0 Å². The Bertz CT molecular complexity index is 738. The van der Waals surface area contributed by atoms with Crippen molar-refractivity contribution in [2.45, 2.75) is 38.7 Å². The van der Waals surface area contributed by atoms with Crippen LogP contribution in [0.15, 0.2) is 18.3 Å². The highest BCUT2D eigenvalue weighted by molar-refractivity contribution is 5.86. The summed E-state index contributed by atoms with van der Waals surface area (Å²) >= 11 is 0. The predicted molar refractivity (Wildman–Crippen MR) is 96.3 cm³/mol. The van der Waals surface area contributed by atoms with Gasteiger partial charge in [-0.15, -0.1) is 0 Å². The van der Waals surface area contributed by atoms with Crippen LogP contribution < -0.4 is 9.64 Å². The van der Waals surface area contributed by atoms with Gasteiger partial charge in [0.1, 0.15) is 17.7 Å². The molecule has 0 amide bonds. The summed E-state index contributed by atoms with van der Waals surface area (Å²) in [6.07, 6.45) is 6.15. The third-order valence-corrected chi connectivity index (χ3v) is 5.19. The maximum atomic E-state index is 9.84. The van der Waals surface area contributed by atoms with Crippen molar-refractivity contribution >= 4 is 16.7 Å². The summed E-state index contributed by atoms with van der Waals surface area (Å²) in [4.78, 5) is 11.4. The highest BCUT2D eigenvalue weighted by atomic mass is 16.5. The fourth-order valence-electron chi connectivity index (χ4n) is 3.62. The summed E-state index contributed by atoms with van der Waals surface area (Å²) in [6, 6.07) is 3.66. The summed E-state index contributed by atoms with van der Waals surface area (Å²) in [5, 5.41) is 10.6. The van der Waals surface area contributed by atoms with Gasteiger partial charge < -0.3 is 19.5 Å². The van der Waals surface area contributed by atoms with Crippen molar-refractivity contribution in [2.75, 3.05) is 31.2 Å². The Morgan fingerprint density at radius 1 is 1.16 bits per heavy atom. The summed E-state index contributed by atoms with van der Waals surface area (Å²) < 4.78 is 11.7. The molecule has 0 aromatic carbocycles. The number of pyridine rings is 2. The molecule has 0 unspecified atom stereocenters. The van der Waals surface area contributed by atoms with E-state index in [-0.39, 0.29) is 11.9 Å². The van der Waals surface area contributed by atoms with Crippen LogP contribution in [0.5, 0.6) is 11.6 Å². The van der Waals surface area contributed by atoms with Crippen molar-refractivity contribution in [3.05, 3.63) is 18.3 Å². The van der Waals surface area contributed by atoms with E-state index in [1.807, 2.05) is 6.07 Å². The zero-order valence-corrected chi connectivity index (χ0v) is 14.6. The SMILES string of the molecule is CC1CCC(Oc2nc(N3CCOCC3)cc3ncc(O)cc23)CC1. The zero-order chi connectivity index (χ0) is 17.2. The van der Waals surface area contributed by atoms with Crippen LogP contribution in [0.1, 0.15) is 32.6 Å². The van der Waals surface area contributed by atoms with Gasteiger partial charge >= 0.3 is 0 Å². The van der Waals surface area contributed by atoms with Gasteiger partial charge in [-0.2, -0.15) is 4.98 Å². The van der Waals surface area contributed by atoms with Crippen molar-refractivity contribution in [3.8, 4) is 11.6 Å². The van der Waals surface area contributed by atoms with Crippen LogP contribution in [0.2, 0.25) is 0 Å². The van der Waals surface area contributed by atoms with E-state index in [9.17, 15) is 5.11 Å². The van der Waals surface area contributed by atoms with E-state index in [1.165, 1.54) is 19.0 Å². The predicted octanol–water partition coefficient (Wildman–Crippen LogP) is 3.13. The van der Waals surface area contributed by atoms with Gasteiger partial charge in [-0.1, -0.05) is 6.92 Å². The largest absolute Gasteiger partial charge is 0.506 e. The smallest absolute Gasteiger partial charge is 0.225 e. The number of fused-ring (bicyclic) bond motifs is 1. The molecule has 1 aliphatic heterocycles. The first-order chi connectivity index (χ1) is 12.2. The van der Waals surface area contributed by atoms with Crippen molar-refractivity contribution < 1.29 is 14.6 Å². The molecule has 1 N–H and O–H groups in total. The topological polar surface area (TPSA) is 67.7 Å². The first kappa shape index (κ1) is 16.4. The maximum absolute atomic E-state index is 9.84. The van der Waals surface area contributed by atoms with Crippen LogP contribution in [-0.4, -0.2) is 47.5 Å². The molecule has 2 aromatic rings. The van der Waals surface area contributed by atoms with Crippen LogP contribution in [0.3, 0.4) is 0 Å². The van der Waals surface area contributed by atoms with Gasteiger partial charge in [0.2, 0.25) is 5.88 Å². The molecule has 1 saturated heterocycles. The number of nitrogens with zero attached hydrogens (tertiary/aromatic N) is 3. The number of hydrogen-bond acceptors (Lipinski definition) is 6. The van der Waals surface area contributed by atoms with E-state index < -0.39 is 0 Å². The number of ether oxygens (including phenoxy) is 2. The molecule has 6 heteroatoms. The summed E-state index contributed by atoms with van der Waals surface area (Å²) in [7, 11) is 0. The van der Waals surface area contributed by atoms with Gasteiger partial charge in [-0.3, -0.25) is 4.98 Å². The maximum Gasteiger partial charge on any atom is 0.225 e. The number of aromatic nitrogens is 2. The van der Waals surface area contributed by atoms with Crippen LogP contribution in [0.4, 0.5) is 5.82 Å². The monoisotopic (exact) mass is 343 g/mol. The Morgan fingerprint density at radius 2 is 1.92 bits per heavy atom. The molecular weight excluding hydrogens is 318 g/mol. The average Bonchev–Trinajstić information content (AvgIpc) is 2.64. The molecule has 25 heavy (non-hydrogen) atoms. The van der Waals surface area contributed by atoms with Crippen molar-refractivity contribution in [1.29, 1.82) is 0 Å². The number of morpholine rings is 1. The Labute approximate surface area is 147 Å². The van der Waals surface area contributed by atoms with Gasteiger partial charge in [0.25, 0.3) is 0 Å². The Hall–Kier alpha value is -2.08. The van der Waals surface area contributed by atoms with Gasteiger partial charge in [0.05, 0.1) is 30.3 Å². The average molecular weight is 343 g/mol. The lowest BCUT2D eigenvalue weighted by atomic mass is 9.89. The first-order valence-corrected chi connectivity index (χ1v) is 9.18. The minimum absolute atomic E-state index is 0.135. The molecule has 0 atom stereocenters. The van der Waals surface area contributed by atoms with Crippen molar-refractivity contribution in [1.82, 2.24) is 9.97 Å². The quantitative estimate of drug-likeness (QED) is 0.923. The molecule has 3 heterocycles. The molecule has 1 saturated carbocycles. The zero-order valence-electron chi connectivity index (χ0n) is 14.6. The molecule has 1 aliphatic carbocycles. The summed E-state index contributed by atoms with van der Waals surface area (Å²) in [5.41, 5.74) is 0.800.